The fourth-order valence-corrected chi connectivity index (χ4v) is 2.35. The topological polar surface area (TPSA) is 64.3 Å². The molecule has 0 radical (unpaired) electrons. The molecule has 0 aromatic rings. The SMILES string of the molecule is CCCC(C(=O)NC1CCOC(C)C1)C(N)=S. The second-order valence-electron chi connectivity index (χ2n) is 4.65. The van der Waals surface area contributed by atoms with Crippen LogP contribution in [0.4, 0.5) is 0 Å². The van der Waals surface area contributed by atoms with Gasteiger partial charge in [0.2, 0.25) is 5.91 Å². The van der Waals surface area contributed by atoms with Gasteiger partial charge in [-0.3, -0.25) is 4.79 Å². The summed E-state index contributed by atoms with van der Waals surface area (Å²) in [6, 6.07) is 0.194. The van der Waals surface area contributed by atoms with Crippen molar-refractivity contribution in [2.24, 2.45) is 11.7 Å². The van der Waals surface area contributed by atoms with Gasteiger partial charge in [0.1, 0.15) is 0 Å². The maximum absolute atomic E-state index is 12.0. The van der Waals surface area contributed by atoms with Crippen LogP contribution in [0.5, 0.6) is 0 Å². The molecule has 0 saturated carbocycles. The van der Waals surface area contributed by atoms with Crippen LogP contribution in [0, 0.1) is 5.92 Å². The number of hydrogen-bond donors (Lipinski definition) is 2. The Bertz CT molecular complexity index is 284. The molecule has 0 aromatic carbocycles. The molecule has 1 fully saturated rings. The first kappa shape index (κ1) is 14.4. The Kier molecular flexibility index (Phi) is 5.85. The summed E-state index contributed by atoms with van der Waals surface area (Å²) in [4.78, 5) is 12.3. The van der Waals surface area contributed by atoms with Gasteiger partial charge in [-0.15, -0.1) is 0 Å². The van der Waals surface area contributed by atoms with Crippen LogP contribution >= 0.6 is 12.2 Å². The number of carbonyl (C=O) groups is 1. The van der Waals surface area contributed by atoms with Crippen molar-refractivity contribution >= 4 is 23.1 Å². The van der Waals surface area contributed by atoms with E-state index in [1.54, 1.807) is 0 Å². The fourth-order valence-electron chi connectivity index (χ4n) is 2.12. The zero-order valence-electron chi connectivity index (χ0n) is 10.6. The van der Waals surface area contributed by atoms with Crippen molar-refractivity contribution < 1.29 is 9.53 Å². The van der Waals surface area contributed by atoms with E-state index in [0.717, 1.165) is 25.7 Å². The zero-order valence-corrected chi connectivity index (χ0v) is 11.4. The minimum atomic E-state index is -0.326. The maximum Gasteiger partial charge on any atom is 0.230 e. The van der Waals surface area contributed by atoms with Gasteiger partial charge in [0.25, 0.3) is 0 Å². The number of thiocarbonyl (C=S) groups is 1. The third-order valence-electron chi connectivity index (χ3n) is 3.07. The molecule has 3 atom stereocenters. The Morgan fingerprint density at radius 1 is 1.65 bits per heavy atom. The lowest BCUT2D eigenvalue weighted by Crippen LogP contribution is -2.46. The summed E-state index contributed by atoms with van der Waals surface area (Å²) in [5.74, 6) is -0.355. The molecular weight excluding hydrogens is 236 g/mol. The standard InChI is InChI=1S/C12H22N2O2S/c1-3-4-10(11(13)17)12(15)14-9-5-6-16-8(2)7-9/h8-10H,3-7H2,1-2H3,(H2,13,17)(H,14,15). The summed E-state index contributed by atoms with van der Waals surface area (Å²) in [5.41, 5.74) is 5.60. The Hall–Kier alpha value is -0.680. The van der Waals surface area contributed by atoms with Gasteiger partial charge in [0.05, 0.1) is 17.0 Å². The molecule has 5 heteroatoms. The van der Waals surface area contributed by atoms with E-state index >= 15 is 0 Å². The van der Waals surface area contributed by atoms with Crippen molar-refractivity contribution in [3.63, 3.8) is 0 Å². The molecule has 0 bridgehead atoms. The quantitative estimate of drug-likeness (QED) is 0.731. The second kappa shape index (κ2) is 6.91. The minimum absolute atomic E-state index is 0.0292. The minimum Gasteiger partial charge on any atom is -0.393 e. The average Bonchev–Trinajstić information content (AvgIpc) is 2.25. The fraction of sp³-hybridized carbons (Fsp3) is 0.833. The van der Waals surface area contributed by atoms with Crippen molar-refractivity contribution in [3.8, 4) is 0 Å². The molecule has 0 aliphatic carbocycles. The van der Waals surface area contributed by atoms with Crippen LogP contribution in [0.2, 0.25) is 0 Å². The van der Waals surface area contributed by atoms with Gasteiger partial charge in [-0.25, -0.2) is 0 Å². The van der Waals surface area contributed by atoms with Crippen LogP contribution in [0.3, 0.4) is 0 Å². The lowest BCUT2D eigenvalue weighted by molar-refractivity contribution is -0.124. The lowest BCUT2D eigenvalue weighted by atomic mass is 9.99. The third kappa shape index (κ3) is 4.60. The first-order valence-electron chi connectivity index (χ1n) is 6.25. The molecule has 4 nitrogen and oxygen atoms in total. The largest absolute Gasteiger partial charge is 0.393 e. The first-order chi connectivity index (χ1) is 8.04. The highest BCUT2D eigenvalue weighted by Crippen LogP contribution is 2.15. The number of rotatable bonds is 5. The normalized spacial score (nSPS) is 26.2. The molecule has 1 aliphatic heterocycles. The van der Waals surface area contributed by atoms with E-state index in [1.165, 1.54) is 0 Å². The third-order valence-corrected chi connectivity index (χ3v) is 3.35. The highest BCUT2D eigenvalue weighted by Gasteiger charge is 2.25. The molecule has 1 rings (SSSR count). The van der Waals surface area contributed by atoms with Crippen LogP contribution in [0.25, 0.3) is 0 Å². The zero-order chi connectivity index (χ0) is 12.8. The molecule has 1 heterocycles. The summed E-state index contributed by atoms with van der Waals surface area (Å²) in [6.45, 7) is 4.75. The second-order valence-corrected chi connectivity index (χ2v) is 5.13. The van der Waals surface area contributed by atoms with E-state index in [4.69, 9.17) is 22.7 Å². The average molecular weight is 258 g/mol. The van der Waals surface area contributed by atoms with Crippen LogP contribution in [-0.4, -0.2) is 29.6 Å². The summed E-state index contributed by atoms with van der Waals surface area (Å²) >= 11 is 4.94. The molecule has 1 saturated heterocycles. The molecule has 1 aliphatic rings. The van der Waals surface area contributed by atoms with Gasteiger partial charge < -0.3 is 15.8 Å². The van der Waals surface area contributed by atoms with Crippen molar-refractivity contribution in [3.05, 3.63) is 0 Å². The highest BCUT2D eigenvalue weighted by molar-refractivity contribution is 7.80. The summed E-state index contributed by atoms with van der Waals surface area (Å²) in [6.07, 6.45) is 3.57. The van der Waals surface area contributed by atoms with E-state index in [0.29, 0.717) is 11.6 Å². The number of hydrogen-bond acceptors (Lipinski definition) is 3. The molecule has 0 spiro atoms. The van der Waals surface area contributed by atoms with Gasteiger partial charge in [0, 0.05) is 12.6 Å². The summed E-state index contributed by atoms with van der Waals surface area (Å²) < 4.78 is 5.44. The Morgan fingerprint density at radius 3 is 2.88 bits per heavy atom. The van der Waals surface area contributed by atoms with E-state index in [9.17, 15) is 4.79 Å². The number of amides is 1. The van der Waals surface area contributed by atoms with Crippen LogP contribution in [0.1, 0.15) is 39.5 Å². The van der Waals surface area contributed by atoms with Gasteiger partial charge in [-0.2, -0.15) is 0 Å². The van der Waals surface area contributed by atoms with Crippen molar-refractivity contribution in [1.82, 2.24) is 5.32 Å². The number of nitrogens with one attached hydrogen (secondary N) is 1. The Balaban J connectivity index is 2.48. The Labute approximate surface area is 108 Å². The highest BCUT2D eigenvalue weighted by atomic mass is 32.1. The molecule has 3 N–H and O–H groups in total. The van der Waals surface area contributed by atoms with Crippen LogP contribution in [0.15, 0.2) is 0 Å². The predicted molar refractivity (Wildman–Crippen MR) is 71.8 cm³/mol. The molecule has 0 aromatic heterocycles. The van der Waals surface area contributed by atoms with Crippen LogP contribution in [-0.2, 0) is 9.53 Å². The Morgan fingerprint density at radius 2 is 2.35 bits per heavy atom. The van der Waals surface area contributed by atoms with Crippen molar-refractivity contribution in [2.45, 2.75) is 51.7 Å². The van der Waals surface area contributed by atoms with Gasteiger partial charge in [0.15, 0.2) is 0 Å². The van der Waals surface area contributed by atoms with E-state index in [-0.39, 0.29) is 24.0 Å². The number of ether oxygens (including phenoxy) is 1. The number of carbonyl (C=O) groups excluding carboxylic acids is 1. The molecular formula is C12H22N2O2S. The molecule has 3 unspecified atom stereocenters. The number of nitrogens with two attached hydrogens (primary N) is 1. The van der Waals surface area contributed by atoms with Crippen molar-refractivity contribution in [1.29, 1.82) is 0 Å². The van der Waals surface area contributed by atoms with E-state index in [1.807, 2.05) is 13.8 Å². The molecule has 98 valence electrons. The van der Waals surface area contributed by atoms with Gasteiger partial charge in [-0.05, 0) is 26.2 Å². The van der Waals surface area contributed by atoms with Crippen molar-refractivity contribution in [2.75, 3.05) is 6.61 Å². The first-order valence-corrected chi connectivity index (χ1v) is 6.66. The van der Waals surface area contributed by atoms with Gasteiger partial charge >= 0.3 is 0 Å². The van der Waals surface area contributed by atoms with Crippen LogP contribution < -0.4 is 11.1 Å². The smallest absolute Gasteiger partial charge is 0.230 e. The van der Waals surface area contributed by atoms with E-state index < -0.39 is 0 Å². The summed E-state index contributed by atoms with van der Waals surface area (Å²) in [5, 5.41) is 3.03. The molecule has 17 heavy (non-hydrogen) atoms. The van der Waals surface area contributed by atoms with E-state index in [2.05, 4.69) is 5.32 Å². The van der Waals surface area contributed by atoms with Gasteiger partial charge in [-0.1, -0.05) is 25.6 Å². The maximum atomic E-state index is 12.0. The monoisotopic (exact) mass is 258 g/mol. The summed E-state index contributed by atoms with van der Waals surface area (Å²) in [7, 11) is 0. The molecule has 1 amide bonds. The lowest BCUT2D eigenvalue weighted by Gasteiger charge is -2.29. The predicted octanol–water partition coefficient (Wildman–Crippen LogP) is 1.37.